The summed E-state index contributed by atoms with van der Waals surface area (Å²) in [6.45, 7) is 3.97. The van der Waals surface area contributed by atoms with Crippen molar-refractivity contribution in [2.45, 2.75) is 26.3 Å². The van der Waals surface area contributed by atoms with E-state index in [9.17, 15) is 4.79 Å². The number of anilines is 1. The number of carbonyl (C=O) groups is 1. The first-order chi connectivity index (χ1) is 9.13. The molecule has 0 fully saturated rings. The Kier molecular flexibility index (Phi) is 4.23. The fourth-order valence-corrected chi connectivity index (χ4v) is 1.84. The molecule has 1 atom stereocenters. The minimum atomic E-state index is -0.195. The molecule has 0 aliphatic rings. The number of aryl methyl sites for hydroxylation is 1. The molecule has 0 aliphatic carbocycles. The topological polar surface area (TPSA) is 54.3 Å². The second-order valence-electron chi connectivity index (χ2n) is 4.70. The molecule has 1 unspecified atom stereocenters. The molecular weight excluding hydrogens is 240 g/mol. The average Bonchev–Trinajstić information content (AvgIpc) is 2.84. The van der Waals surface area contributed by atoms with Crippen LogP contribution in [0.15, 0.2) is 47.3 Å². The SMILES string of the molecule is Cc1ccc(NC(=O)NC(C)Cc2ccoc2)cc1. The van der Waals surface area contributed by atoms with Crippen LogP contribution >= 0.6 is 0 Å². The van der Waals surface area contributed by atoms with Crippen LogP contribution in [-0.2, 0) is 6.42 Å². The molecular formula is C15H18N2O2. The van der Waals surface area contributed by atoms with Crippen molar-refractivity contribution in [3.8, 4) is 0 Å². The normalized spacial score (nSPS) is 11.9. The highest BCUT2D eigenvalue weighted by atomic mass is 16.3. The lowest BCUT2D eigenvalue weighted by Gasteiger charge is -2.13. The van der Waals surface area contributed by atoms with Crippen LogP contribution < -0.4 is 10.6 Å². The summed E-state index contributed by atoms with van der Waals surface area (Å²) in [5.74, 6) is 0. The van der Waals surface area contributed by atoms with Crippen LogP contribution in [0.25, 0.3) is 0 Å². The fraction of sp³-hybridized carbons (Fsp3) is 0.267. The lowest BCUT2D eigenvalue weighted by atomic mass is 10.1. The Hall–Kier alpha value is -2.23. The van der Waals surface area contributed by atoms with Gasteiger partial charge in [-0.3, -0.25) is 0 Å². The van der Waals surface area contributed by atoms with E-state index in [1.54, 1.807) is 12.5 Å². The summed E-state index contributed by atoms with van der Waals surface area (Å²) in [5, 5.41) is 5.70. The van der Waals surface area contributed by atoms with Crippen molar-refractivity contribution in [1.82, 2.24) is 5.32 Å². The van der Waals surface area contributed by atoms with E-state index in [1.807, 2.05) is 44.2 Å². The van der Waals surface area contributed by atoms with Gasteiger partial charge in [-0.15, -0.1) is 0 Å². The van der Waals surface area contributed by atoms with E-state index in [2.05, 4.69) is 10.6 Å². The van der Waals surface area contributed by atoms with Gasteiger partial charge in [-0.25, -0.2) is 4.79 Å². The monoisotopic (exact) mass is 258 g/mol. The predicted octanol–water partition coefficient (Wildman–Crippen LogP) is 3.34. The molecule has 2 N–H and O–H groups in total. The van der Waals surface area contributed by atoms with Crippen molar-refractivity contribution in [3.05, 3.63) is 54.0 Å². The van der Waals surface area contributed by atoms with Crippen LogP contribution in [-0.4, -0.2) is 12.1 Å². The Bertz CT molecular complexity index is 518. The zero-order valence-corrected chi connectivity index (χ0v) is 11.1. The van der Waals surface area contributed by atoms with Crippen molar-refractivity contribution in [2.75, 3.05) is 5.32 Å². The number of hydrogen-bond donors (Lipinski definition) is 2. The summed E-state index contributed by atoms with van der Waals surface area (Å²) < 4.78 is 5.00. The van der Waals surface area contributed by atoms with Crippen LogP contribution in [0.4, 0.5) is 10.5 Å². The molecule has 2 amide bonds. The van der Waals surface area contributed by atoms with Gasteiger partial charge in [0.2, 0.25) is 0 Å². The summed E-state index contributed by atoms with van der Waals surface area (Å²) in [7, 11) is 0. The first-order valence-corrected chi connectivity index (χ1v) is 6.29. The van der Waals surface area contributed by atoms with Gasteiger partial charge in [0.25, 0.3) is 0 Å². The number of carbonyl (C=O) groups excluding carboxylic acids is 1. The van der Waals surface area contributed by atoms with Gasteiger partial charge < -0.3 is 15.1 Å². The van der Waals surface area contributed by atoms with Gasteiger partial charge in [0.1, 0.15) is 0 Å². The number of urea groups is 1. The maximum absolute atomic E-state index is 11.8. The molecule has 4 nitrogen and oxygen atoms in total. The van der Waals surface area contributed by atoms with Crippen molar-refractivity contribution in [3.63, 3.8) is 0 Å². The Morgan fingerprint density at radius 3 is 2.63 bits per heavy atom. The molecule has 0 saturated carbocycles. The van der Waals surface area contributed by atoms with Crippen molar-refractivity contribution >= 4 is 11.7 Å². The van der Waals surface area contributed by atoms with Crippen LogP contribution in [0.2, 0.25) is 0 Å². The van der Waals surface area contributed by atoms with Crippen molar-refractivity contribution in [1.29, 1.82) is 0 Å². The standard InChI is InChI=1S/C15H18N2O2/c1-11-3-5-14(6-4-11)17-15(18)16-12(2)9-13-7-8-19-10-13/h3-8,10,12H,9H2,1-2H3,(H2,16,17,18). The number of furan rings is 1. The Morgan fingerprint density at radius 1 is 1.26 bits per heavy atom. The molecule has 1 heterocycles. The van der Waals surface area contributed by atoms with Gasteiger partial charge in [0, 0.05) is 11.7 Å². The van der Waals surface area contributed by atoms with Crippen LogP contribution in [0.3, 0.4) is 0 Å². The molecule has 0 radical (unpaired) electrons. The van der Waals surface area contributed by atoms with E-state index in [0.29, 0.717) is 0 Å². The number of nitrogens with one attached hydrogen (secondary N) is 2. The van der Waals surface area contributed by atoms with Crippen LogP contribution in [0.1, 0.15) is 18.1 Å². The third kappa shape index (κ3) is 4.17. The lowest BCUT2D eigenvalue weighted by Crippen LogP contribution is -2.37. The van der Waals surface area contributed by atoms with Crippen LogP contribution in [0, 0.1) is 6.92 Å². The predicted molar refractivity (Wildman–Crippen MR) is 75.2 cm³/mol. The van der Waals surface area contributed by atoms with Crippen LogP contribution in [0.5, 0.6) is 0 Å². The van der Waals surface area contributed by atoms with E-state index in [-0.39, 0.29) is 12.1 Å². The second kappa shape index (κ2) is 6.09. The van der Waals surface area contributed by atoms with Gasteiger partial charge in [-0.05, 0) is 44.0 Å². The third-order valence-electron chi connectivity index (χ3n) is 2.81. The summed E-state index contributed by atoms with van der Waals surface area (Å²) in [6, 6.07) is 9.44. The van der Waals surface area contributed by atoms with Gasteiger partial charge >= 0.3 is 6.03 Å². The van der Waals surface area contributed by atoms with Gasteiger partial charge in [0.15, 0.2) is 0 Å². The maximum atomic E-state index is 11.8. The van der Waals surface area contributed by atoms with Gasteiger partial charge in [0.05, 0.1) is 12.5 Å². The summed E-state index contributed by atoms with van der Waals surface area (Å²) in [5.41, 5.74) is 3.03. The van der Waals surface area contributed by atoms with E-state index < -0.39 is 0 Å². The largest absolute Gasteiger partial charge is 0.472 e. The first kappa shape index (κ1) is 13.2. The maximum Gasteiger partial charge on any atom is 0.319 e. The fourth-order valence-electron chi connectivity index (χ4n) is 1.84. The molecule has 4 heteroatoms. The molecule has 0 aliphatic heterocycles. The van der Waals surface area contributed by atoms with E-state index in [1.165, 1.54) is 5.56 Å². The molecule has 100 valence electrons. The first-order valence-electron chi connectivity index (χ1n) is 6.29. The smallest absolute Gasteiger partial charge is 0.319 e. The Morgan fingerprint density at radius 2 is 2.00 bits per heavy atom. The van der Waals surface area contributed by atoms with Crippen molar-refractivity contribution in [2.24, 2.45) is 0 Å². The highest BCUT2D eigenvalue weighted by Crippen LogP contribution is 2.09. The zero-order chi connectivity index (χ0) is 13.7. The highest BCUT2D eigenvalue weighted by Gasteiger charge is 2.08. The number of benzene rings is 1. The zero-order valence-electron chi connectivity index (χ0n) is 11.1. The van der Waals surface area contributed by atoms with Crippen molar-refractivity contribution < 1.29 is 9.21 Å². The second-order valence-corrected chi connectivity index (χ2v) is 4.70. The summed E-state index contributed by atoms with van der Waals surface area (Å²) >= 11 is 0. The summed E-state index contributed by atoms with van der Waals surface area (Å²) in [4.78, 5) is 11.8. The highest BCUT2D eigenvalue weighted by molar-refractivity contribution is 5.89. The molecule has 0 spiro atoms. The van der Waals surface area contributed by atoms with Gasteiger partial charge in [-0.2, -0.15) is 0 Å². The molecule has 0 saturated heterocycles. The molecule has 1 aromatic heterocycles. The number of rotatable bonds is 4. The molecule has 0 bridgehead atoms. The van der Waals surface area contributed by atoms with E-state index >= 15 is 0 Å². The average molecular weight is 258 g/mol. The quantitative estimate of drug-likeness (QED) is 0.883. The minimum Gasteiger partial charge on any atom is -0.472 e. The van der Waals surface area contributed by atoms with E-state index in [4.69, 9.17) is 4.42 Å². The molecule has 2 aromatic rings. The number of amides is 2. The molecule has 1 aromatic carbocycles. The Labute approximate surface area is 112 Å². The Balaban J connectivity index is 1.82. The van der Waals surface area contributed by atoms with E-state index in [0.717, 1.165) is 17.7 Å². The minimum absolute atomic E-state index is 0.0445. The molecule has 19 heavy (non-hydrogen) atoms. The molecule has 2 rings (SSSR count). The third-order valence-corrected chi connectivity index (χ3v) is 2.81. The van der Waals surface area contributed by atoms with Gasteiger partial charge in [-0.1, -0.05) is 17.7 Å². The lowest BCUT2D eigenvalue weighted by molar-refractivity contribution is 0.249. The number of hydrogen-bond acceptors (Lipinski definition) is 2. The summed E-state index contributed by atoms with van der Waals surface area (Å²) in [6.07, 6.45) is 4.07.